The van der Waals surface area contributed by atoms with Gasteiger partial charge in [-0.25, -0.2) is 4.39 Å². The molecular formula is C22H30BrClFNO. The molecule has 2 nitrogen and oxygen atoms in total. The second-order valence-electron chi connectivity index (χ2n) is 6.58. The molecule has 150 valence electrons. The van der Waals surface area contributed by atoms with Crippen molar-refractivity contribution >= 4 is 28.3 Å². The molecule has 0 bridgehead atoms. The summed E-state index contributed by atoms with van der Waals surface area (Å²) in [6, 6.07) is 12.7. The molecule has 27 heavy (non-hydrogen) atoms. The van der Waals surface area contributed by atoms with E-state index in [0.29, 0.717) is 5.56 Å². The smallest absolute Gasteiger partial charge is 0.129 e. The van der Waals surface area contributed by atoms with Gasteiger partial charge in [-0.15, -0.1) is 12.4 Å². The van der Waals surface area contributed by atoms with Crippen molar-refractivity contribution < 1.29 is 9.13 Å². The molecule has 0 saturated carbocycles. The molecule has 0 fully saturated rings. The van der Waals surface area contributed by atoms with Crippen molar-refractivity contribution in [3.05, 3.63) is 63.9 Å². The number of unbranched alkanes of at least 4 members (excludes halogenated alkanes) is 5. The van der Waals surface area contributed by atoms with E-state index < -0.39 is 0 Å². The molecule has 0 aromatic heterocycles. The summed E-state index contributed by atoms with van der Waals surface area (Å²) in [7, 11) is 0. The fraction of sp³-hybridized carbons (Fsp3) is 0.455. The maximum atomic E-state index is 13.8. The van der Waals surface area contributed by atoms with Gasteiger partial charge >= 0.3 is 0 Å². The Morgan fingerprint density at radius 3 is 2.48 bits per heavy atom. The van der Waals surface area contributed by atoms with Crippen LogP contribution in [0.5, 0.6) is 5.75 Å². The van der Waals surface area contributed by atoms with Gasteiger partial charge in [0.05, 0.1) is 0 Å². The molecule has 0 saturated heterocycles. The Morgan fingerprint density at radius 1 is 0.963 bits per heavy atom. The lowest BCUT2D eigenvalue weighted by molar-refractivity contribution is 0.296. The Labute approximate surface area is 177 Å². The highest BCUT2D eigenvalue weighted by Gasteiger charge is 2.07. The average Bonchev–Trinajstić information content (AvgIpc) is 2.64. The molecule has 2 rings (SSSR count). The predicted octanol–water partition coefficient (Wildman–Crippen LogP) is 7.04. The number of rotatable bonds is 12. The zero-order valence-corrected chi connectivity index (χ0v) is 18.4. The van der Waals surface area contributed by atoms with Crippen LogP contribution in [0, 0.1) is 5.82 Å². The van der Waals surface area contributed by atoms with E-state index in [1.807, 2.05) is 18.2 Å². The van der Waals surface area contributed by atoms with Gasteiger partial charge in [-0.2, -0.15) is 0 Å². The summed E-state index contributed by atoms with van der Waals surface area (Å²) in [4.78, 5) is 0. The average molecular weight is 459 g/mol. The fourth-order valence-electron chi connectivity index (χ4n) is 2.85. The molecule has 5 heteroatoms. The van der Waals surface area contributed by atoms with Crippen LogP contribution in [-0.4, -0.2) is 6.54 Å². The van der Waals surface area contributed by atoms with Crippen molar-refractivity contribution in [2.24, 2.45) is 0 Å². The van der Waals surface area contributed by atoms with E-state index in [1.54, 1.807) is 12.1 Å². The van der Waals surface area contributed by atoms with Gasteiger partial charge in [-0.3, -0.25) is 0 Å². The minimum atomic E-state index is -0.229. The maximum absolute atomic E-state index is 13.8. The molecule has 0 unspecified atom stereocenters. The van der Waals surface area contributed by atoms with Crippen LogP contribution in [0.2, 0.25) is 0 Å². The second kappa shape index (κ2) is 14.0. The van der Waals surface area contributed by atoms with Gasteiger partial charge in [0.25, 0.3) is 0 Å². The summed E-state index contributed by atoms with van der Waals surface area (Å²) in [5.74, 6) is 0.569. The number of benzene rings is 2. The van der Waals surface area contributed by atoms with Crippen LogP contribution in [0.25, 0.3) is 0 Å². The second-order valence-corrected chi connectivity index (χ2v) is 7.49. The third-order valence-corrected chi connectivity index (χ3v) is 4.88. The molecule has 1 N–H and O–H groups in total. The molecular weight excluding hydrogens is 429 g/mol. The summed E-state index contributed by atoms with van der Waals surface area (Å²) in [5.41, 5.74) is 1.66. The van der Waals surface area contributed by atoms with Crippen LogP contribution in [0.4, 0.5) is 4.39 Å². The Balaban J connectivity index is 0.00000364. The maximum Gasteiger partial charge on any atom is 0.129 e. The lowest BCUT2D eigenvalue weighted by Crippen LogP contribution is -2.15. The van der Waals surface area contributed by atoms with E-state index in [-0.39, 0.29) is 24.8 Å². The first kappa shape index (κ1) is 23.9. The Hall–Kier alpha value is -1.10. The molecule has 0 atom stereocenters. The van der Waals surface area contributed by atoms with E-state index in [9.17, 15) is 4.39 Å². The number of nitrogens with one attached hydrogen (secondary N) is 1. The van der Waals surface area contributed by atoms with E-state index in [4.69, 9.17) is 4.74 Å². The molecule has 0 aliphatic carbocycles. The zero-order chi connectivity index (χ0) is 18.6. The van der Waals surface area contributed by atoms with Gasteiger partial charge in [-0.1, -0.05) is 73.2 Å². The van der Waals surface area contributed by atoms with Crippen molar-refractivity contribution in [2.75, 3.05) is 6.54 Å². The molecule has 0 aliphatic heterocycles. The largest absolute Gasteiger partial charge is 0.488 e. The predicted molar refractivity (Wildman–Crippen MR) is 117 cm³/mol. The molecule has 0 heterocycles. The summed E-state index contributed by atoms with van der Waals surface area (Å²) in [6.45, 7) is 4.23. The molecule has 2 aromatic rings. The summed E-state index contributed by atoms with van der Waals surface area (Å²) in [5, 5.41) is 3.49. The van der Waals surface area contributed by atoms with Crippen LogP contribution >= 0.6 is 28.3 Å². The molecule has 0 radical (unpaired) electrons. The van der Waals surface area contributed by atoms with E-state index in [1.165, 1.54) is 44.6 Å². The van der Waals surface area contributed by atoms with Gasteiger partial charge < -0.3 is 10.1 Å². The third kappa shape index (κ3) is 9.09. The quantitative estimate of drug-likeness (QED) is 0.344. The first-order chi connectivity index (χ1) is 12.7. The first-order valence-corrected chi connectivity index (χ1v) is 10.4. The molecule has 2 aromatic carbocycles. The third-order valence-electron chi connectivity index (χ3n) is 4.39. The van der Waals surface area contributed by atoms with Crippen molar-refractivity contribution in [3.63, 3.8) is 0 Å². The summed E-state index contributed by atoms with van der Waals surface area (Å²) in [6.07, 6.45) is 7.77. The number of hydrogen-bond donors (Lipinski definition) is 1. The van der Waals surface area contributed by atoms with Gasteiger partial charge in [0.1, 0.15) is 18.2 Å². The summed E-state index contributed by atoms with van der Waals surface area (Å²) < 4.78 is 20.7. The van der Waals surface area contributed by atoms with Gasteiger partial charge in [0.2, 0.25) is 0 Å². The van der Waals surface area contributed by atoms with Crippen LogP contribution in [0.15, 0.2) is 46.9 Å². The van der Waals surface area contributed by atoms with Crippen LogP contribution in [0.3, 0.4) is 0 Å². The number of ether oxygens (including phenoxy) is 1. The molecule has 0 amide bonds. The number of halogens is 3. The highest BCUT2D eigenvalue weighted by Crippen LogP contribution is 2.24. The standard InChI is InChI=1S/C22H29BrFNO.ClH/c1-2-3-4-5-6-9-14-25-16-19-15-20(23)12-13-22(19)26-17-18-10-7-8-11-21(18)24;/h7-8,10-13,15,25H,2-6,9,14,16-17H2,1H3;1H. The Morgan fingerprint density at radius 2 is 1.70 bits per heavy atom. The van der Waals surface area contributed by atoms with E-state index >= 15 is 0 Å². The fourth-order valence-corrected chi connectivity index (χ4v) is 3.26. The minimum Gasteiger partial charge on any atom is -0.488 e. The number of hydrogen-bond acceptors (Lipinski definition) is 2. The van der Waals surface area contributed by atoms with E-state index in [2.05, 4.69) is 34.2 Å². The molecule has 0 spiro atoms. The van der Waals surface area contributed by atoms with Crippen molar-refractivity contribution in [1.29, 1.82) is 0 Å². The van der Waals surface area contributed by atoms with Crippen LogP contribution in [0.1, 0.15) is 56.6 Å². The minimum absolute atomic E-state index is 0. The van der Waals surface area contributed by atoms with Crippen LogP contribution in [-0.2, 0) is 13.2 Å². The van der Waals surface area contributed by atoms with Gasteiger partial charge in [0, 0.05) is 22.1 Å². The summed E-state index contributed by atoms with van der Waals surface area (Å²) >= 11 is 3.52. The van der Waals surface area contributed by atoms with Crippen molar-refractivity contribution in [3.8, 4) is 5.75 Å². The Bertz CT molecular complexity index is 669. The normalized spacial score (nSPS) is 10.5. The first-order valence-electron chi connectivity index (χ1n) is 9.56. The lowest BCUT2D eigenvalue weighted by Gasteiger charge is -2.13. The highest BCUT2D eigenvalue weighted by molar-refractivity contribution is 9.10. The monoisotopic (exact) mass is 457 g/mol. The van der Waals surface area contributed by atoms with Crippen molar-refractivity contribution in [1.82, 2.24) is 5.32 Å². The SMILES string of the molecule is CCCCCCCCNCc1cc(Br)ccc1OCc1ccccc1F.Cl. The topological polar surface area (TPSA) is 21.3 Å². The highest BCUT2D eigenvalue weighted by atomic mass is 79.9. The van der Waals surface area contributed by atoms with Gasteiger partial charge in [0.15, 0.2) is 0 Å². The zero-order valence-electron chi connectivity index (χ0n) is 16.0. The Kier molecular flexibility index (Phi) is 12.4. The van der Waals surface area contributed by atoms with Gasteiger partial charge in [-0.05, 0) is 37.2 Å². The van der Waals surface area contributed by atoms with Crippen molar-refractivity contribution in [2.45, 2.75) is 58.6 Å². The lowest BCUT2D eigenvalue weighted by atomic mass is 10.1. The van der Waals surface area contributed by atoms with E-state index in [0.717, 1.165) is 28.9 Å². The molecule has 0 aliphatic rings. The van der Waals surface area contributed by atoms with Crippen LogP contribution < -0.4 is 10.1 Å².